The van der Waals surface area contributed by atoms with E-state index in [9.17, 15) is 4.79 Å². The number of carbonyl (C=O) groups is 1. The van der Waals surface area contributed by atoms with Gasteiger partial charge in [0.05, 0.1) is 22.9 Å². The van der Waals surface area contributed by atoms with Crippen molar-refractivity contribution < 1.29 is 9.53 Å². The lowest BCUT2D eigenvalue weighted by Crippen LogP contribution is -2.09. The Morgan fingerprint density at radius 3 is 2.86 bits per heavy atom. The second kappa shape index (κ2) is 7.02. The van der Waals surface area contributed by atoms with Gasteiger partial charge in [-0.25, -0.2) is 9.78 Å². The Hall–Kier alpha value is -1.43. The third-order valence-corrected chi connectivity index (χ3v) is 4.30. The van der Waals surface area contributed by atoms with Gasteiger partial charge in [-0.1, -0.05) is 35.0 Å². The predicted octanol–water partition coefficient (Wildman–Crippen LogP) is 4.30. The molecule has 0 aliphatic carbocycles. The van der Waals surface area contributed by atoms with Gasteiger partial charge in [-0.2, -0.15) is 0 Å². The van der Waals surface area contributed by atoms with E-state index >= 15 is 0 Å². The molecule has 1 aromatic carbocycles. The Balaban J connectivity index is 2.35. The van der Waals surface area contributed by atoms with Crippen molar-refractivity contribution in [3.8, 4) is 0 Å². The number of anilines is 1. The molecule has 0 saturated heterocycles. The van der Waals surface area contributed by atoms with E-state index in [1.165, 1.54) is 24.0 Å². The first kappa shape index (κ1) is 15.9. The molecule has 2 aromatic rings. The van der Waals surface area contributed by atoms with Crippen LogP contribution in [0.25, 0.3) is 0 Å². The molecule has 0 spiro atoms. The molecule has 2 rings (SSSR count). The molecule has 0 saturated carbocycles. The number of rotatable bonds is 4. The topological polar surface area (TPSA) is 65.2 Å². The third-order valence-electron chi connectivity index (χ3n) is 2.55. The maximum atomic E-state index is 11.8. The molecule has 1 heterocycles. The Kier molecular flexibility index (Phi) is 5.33. The third kappa shape index (κ3) is 3.81. The molecule has 7 heteroatoms. The van der Waals surface area contributed by atoms with Crippen molar-refractivity contribution in [1.82, 2.24) is 4.98 Å². The quantitative estimate of drug-likeness (QED) is 0.839. The zero-order chi connectivity index (χ0) is 15.4. The van der Waals surface area contributed by atoms with Gasteiger partial charge < -0.3 is 10.5 Å². The minimum atomic E-state index is -0.476. The van der Waals surface area contributed by atoms with Crippen molar-refractivity contribution in [3.05, 3.63) is 46.1 Å². The average Bonchev–Trinajstić information content (AvgIpc) is 2.45. The second-order valence-corrected chi connectivity index (χ2v) is 5.85. The smallest absolute Gasteiger partial charge is 0.340 e. The van der Waals surface area contributed by atoms with Crippen LogP contribution >= 0.6 is 35.0 Å². The number of nitrogens with zero attached hydrogens (tertiary/aromatic N) is 1. The Morgan fingerprint density at radius 1 is 1.38 bits per heavy atom. The molecule has 0 aliphatic heterocycles. The Morgan fingerprint density at radius 2 is 2.14 bits per heavy atom. The molecular weight excluding hydrogens is 331 g/mol. The van der Waals surface area contributed by atoms with E-state index in [1.54, 1.807) is 25.1 Å². The number of hydrogen-bond donors (Lipinski definition) is 1. The van der Waals surface area contributed by atoms with Crippen molar-refractivity contribution in [2.24, 2.45) is 0 Å². The van der Waals surface area contributed by atoms with Gasteiger partial charge >= 0.3 is 5.97 Å². The minimum absolute atomic E-state index is 0.261. The number of hydrogen-bond acceptors (Lipinski definition) is 5. The van der Waals surface area contributed by atoms with Crippen molar-refractivity contribution in [2.45, 2.75) is 16.8 Å². The number of nitrogen functional groups attached to an aromatic ring is 1. The fraction of sp³-hybridized carbons (Fsp3) is 0.143. The molecular formula is C14H12Cl2N2O2S. The van der Waals surface area contributed by atoms with E-state index in [2.05, 4.69) is 4.98 Å². The molecule has 2 N–H and O–H groups in total. The Labute approximate surface area is 136 Å². The molecule has 21 heavy (non-hydrogen) atoms. The first-order valence-corrected chi connectivity index (χ1v) is 7.64. The summed E-state index contributed by atoms with van der Waals surface area (Å²) in [5.41, 5.74) is 6.54. The van der Waals surface area contributed by atoms with Crippen molar-refractivity contribution >= 4 is 46.6 Å². The van der Waals surface area contributed by atoms with E-state index in [4.69, 9.17) is 33.7 Å². The van der Waals surface area contributed by atoms with Gasteiger partial charge in [0, 0.05) is 16.1 Å². The summed E-state index contributed by atoms with van der Waals surface area (Å²) in [5.74, 6) is -0.476. The predicted molar refractivity (Wildman–Crippen MR) is 85.2 cm³/mol. The van der Waals surface area contributed by atoms with Crippen LogP contribution in [0, 0.1) is 0 Å². The molecule has 0 amide bonds. The summed E-state index contributed by atoms with van der Waals surface area (Å²) < 4.78 is 4.95. The maximum Gasteiger partial charge on any atom is 0.340 e. The van der Waals surface area contributed by atoms with Crippen LogP contribution in [0.1, 0.15) is 17.3 Å². The lowest BCUT2D eigenvalue weighted by atomic mass is 10.2. The van der Waals surface area contributed by atoms with Crippen LogP contribution in [0.5, 0.6) is 0 Å². The molecule has 0 unspecified atom stereocenters. The highest BCUT2D eigenvalue weighted by Crippen LogP contribution is 2.37. The number of esters is 1. The van der Waals surface area contributed by atoms with Crippen LogP contribution in [0.4, 0.5) is 5.69 Å². The first-order valence-electron chi connectivity index (χ1n) is 6.07. The molecule has 0 aliphatic rings. The summed E-state index contributed by atoms with van der Waals surface area (Å²) in [4.78, 5) is 16.7. The van der Waals surface area contributed by atoms with Gasteiger partial charge in [-0.05, 0) is 31.2 Å². The zero-order valence-electron chi connectivity index (χ0n) is 11.1. The monoisotopic (exact) mass is 342 g/mol. The molecule has 110 valence electrons. The number of carbonyl (C=O) groups excluding carboxylic acids is 1. The van der Waals surface area contributed by atoms with Crippen LogP contribution in [0.3, 0.4) is 0 Å². The number of benzene rings is 1. The van der Waals surface area contributed by atoms with Crippen LogP contribution in [0.15, 0.2) is 40.4 Å². The van der Waals surface area contributed by atoms with Gasteiger partial charge in [0.2, 0.25) is 0 Å². The van der Waals surface area contributed by atoms with Crippen molar-refractivity contribution in [2.75, 3.05) is 12.3 Å². The summed E-state index contributed by atoms with van der Waals surface area (Å²) in [7, 11) is 0. The van der Waals surface area contributed by atoms with Gasteiger partial charge in [0.15, 0.2) is 0 Å². The summed E-state index contributed by atoms with van der Waals surface area (Å²) in [5, 5.41) is 1.57. The molecule has 4 nitrogen and oxygen atoms in total. The number of pyridine rings is 1. The molecule has 0 fully saturated rings. The van der Waals surface area contributed by atoms with Crippen LogP contribution in [0.2, 0.25) is 10.0 Å². The van der Waals surface area contributed by atoms with E-state index in [0.29, 0.717) is 20.0 Å². The molecule has 0 atom stereocenters. The fourth-order valence-electron chi connectivity index (χ4n) is 1.58. The van der Waals surface area contributed by atoms with Gasteiger partial charge in [-0.15, -0.1) is 0 Å². The number of nitrogens with two attached hydrogens (primary N) is 1. The number of aromatic nitrogens is 1. The summed E-state index contributed by atoms with van der Waals surface area (Å²) in [6.07, 6.45) is 1.50. The van der Waals surface area contributed by atoms with E-state index in [1.807, 2.05) is 0 Å². The normalized spacial score (nSPS) is 10.4. The summed E-state index contributed by atoms with van der Waals surface area (Å²) in [6, 6.07) is 6.63. The van der Waals surface area contributed by atoms with E-state index < -0.39 is 5.97 Å². The van der Waals surface area contributed by atoms with E-state index in [0.717, 1.165) is 0 Å². The molecule has 0 radical (unpaired) electrons. The first-order chi connectivity index (χ1) is 10.0. The fourth-order valence-corrected chi connectivity index (χ4v) is 2.95. The number of ether oxygens (including phenoxy) is 1. The second-order valence-electron chi connectivity index (χ2n) is 3.97. The molecule has 0 bridgehead atoms. The standard InChI is InChI=1S/C14H12Cl2N2O2S/c1-2-20-14(19)9-5-6-18-13(12(9)17)21-11-7-8(15)3-4-10(11)16/h3-7H,2,17H2,1H3. The van der Waals surface area contributed by atoms with Crippen LogP contribution in [-0.2, 0) is 4.74 Å². The molecule has 1 aromatic heterocycles. The van der Waals surface area contributed by atoms with Gasteiger partial charge in [0.1, 0.15) is 5.03 Å². The van der Waals surface area contributed by atoms with Gasteiger partial charge in [0.25, 0.3) is 0 Å². The summed E-state index contributed by atoms with van der Waals surface area (Å²) >= 11 is 13.3. The lowest BCUT2D eigenvalue weighted by molar-refractivity contribution is 0.0527. The Bertz CT molecular complexity index is 680. The number of halogens is 2. The lowest BCUT2D eigenvalue weighted by Gasteiger charge is -2.10. The highest BCUT2D eigenvalue weighted by molar-refractivity contribution is 7.99. The maximum absolute atomic E-state index is 11.8. The van der Waals surface area contributed by atoms with Crippen LogP contribution < -0.4 is 5.73 Å². The van der Waals surface area contributed by atoms with E-state index in [-0.39, 0.29) is 17.9 Å². The van der Waals surface area contributed by atoms with Crippen molar-refractivity contribution in [1.29, 1.82) is 0 Å². The van der Waals surface area contributed by atoms with Crippen LogP contribution in [-0.4, -0.2) is 17.6 Å². The SMILES string of the molecule is CCOC(=O)c1ccnc(Sc2cc(Cl)ccc2Cl)c1N. The minimum Gasteiger partial charge on any atom is -0.462 e. The highest BCUT2D eigenvalue weighted by Gasteiger charge is 2.16. The average molecular weight is 343 g/mol. The summed E-state index contributed by atoms with van der Waals surface area (Å²) in [6.45, 7) is 2.01. The van der Waals surface area contributed by atoms with Gasteiger partial charge in [-0.3, -0.25) is 0 Å². The highest BCUT2D eigenvalue weighted by atomic mass is 35.5. The zero-order valence-corrected chi connectivity index (χ0v) is 13.4. The van der Waals surface area contributed by atoms with Crippen molar-refractivity contribution in [3.63, 3.8) is 0 Å². The largest absolute Gasteiger partial charge is 0.462 e.